The van der Waals surface area contributed by atoms with Crippen molar-refractivity contribution in [2.45, 2.75) is 31.7 Å². The van der Waals surface area contributed by atoms with Crippen molar-refractivity contribution in [2.24, 2.45) is 0 Å². The lowest BCUT2D eigenvalue weighted by Gasteiger charge is -2.15. The van der Waals surface area contributed by atoms with E-state index in [1.54, 1.807) is 26.0 Å². The van der Waals surface area contributed by atoms with Gasteiger partial charge in [-0.25, -0.2) is 8.42 Å². The molecule has 0 amide bonds. The summed E-state index contributed by atoms with van der Waals surface area (Å²) in [4.78, 5) is 10.8. The van der Waals surface area contributed by atoms with Gasteiger partial charge in [0.15, 0.2) is 0 Å². The fraction of sp³-hybridized carbons (Fsp3) is 0.417. The van der Waals surface area contributed by atoms with Gasteiger partial charge in [-0.05, 0) is 44.0 Å². The minimum absolute atomic E-state index is 0.0846. The Balaban J connectivity index is 3.26. The molecule has 0 bridgehead atoms. The van der Waals surface area contributed by atoms with Gasteiger partial charge in [0.1, 0.15) is 11.8 Å². The van der Waals surface area contributed by atoms with E-state index in [0.717, 1.165) is 0 Å². The third kappa shape index (κ3) is 3.45. The molecule has 0 heterocycles. The first-order valence-electron chi connectivity index (χ1n) is 5.59. The van der Waals surface area contributed by atoms with Crippen LogP contribution in [0.4, 0.5) is 0 Å². The van der Waals surface area contributed by atoms with Crippen molar-refractivity contribution in [3.05, 3.63) is 23.3 Å². The summed E-state index contributed by atoms with van der Waals surface area (Å²) in [5, 5.41) is 8.77. The lowest BCUT2D eigenvalue weighted by molar-refractivity contribution is -0.138. The number of hydrogen-bond donors (Lipinski definition) is 2. The fourth-order valence-corrected chi connectivity index (χ4v) is 3.44. The summed E-state index contributed by atoms with van der Waals surface area (Å²) in [5.41, 5.74) is 1.00. The van der Waals surface area contributed by atoms with Gasteiger partial charge in [-0.3, -0.25) is 4.79 Å². The van der Waals surface area contributed by atoms with Gasteiger partial charge in [0.05, 0.1) is 12.0 Å². The van der Waals surface area contributed by atoms with Crippen LogP contribution in [0.15, 0.2) is 17.0 Å². The Morgan fingerprint density at radius 2 is 1.79 bits per heavy atom. The molecule has 2 N–H and O–H groups in total. The van der Waals surface area contributed by atoms with Gasteiger partial charge in [-0.1, -0.05) is 0 Å². The molecule has 0 aliphatic heterocycles. The van der Waals surface area contributed by atoms with Crippen LogP contribution in [0.1, 0.15) is 18.1 Å². The van der Waals surface area contributed by atoms with Crippen LogP contribution in [0.25, 0.3) is 0 Å². The van der Waals surface area contributed by atoms with Gasteiger partial charge in [-0.2, -0.15) is 4.72 Å². The summed E-state index contributed by atoms with van der Waals surface area (Å²) in [7, 11) is -2.38. The van der Waals surface area contributed by atoms with Crippen LogP contribution < -0.4 is 9.46 Å². The molecule has 0 aliphatic rings. The number of carbonyl (C=O) groups is 1. The maximum Gasteiger partial charge on any atom is 0.321 e. The molecule has 7 heteroatoms. The number of hydrogen-bond acceptors (Lipinski definition) is 4. The first-order chi connectivity index (χ1) is 8.69. The third-order valence-corrected chi connectivity index (χ3v) is 4.49. The molecule has 106 valence electrons. The SMILES string of the molecule is COc1cc(C)c(S(=O)(=O)NC(C)C(=O)O)c(C)c1. The van der Waals surface area contributed by atoms with Crippen molar-refractivity contribution in [2.75, 3.05) is 7.11 Å². The van der Waals surface area contributed by atoms with Crippen molar-refractivity contribution < 1.29 is 23.1 Å². The summed E-state index contributed by atoms with van der Waals surface area (Å²) in [6.07, 6.45) is 0. The Morgan fingerprint density at radius 1 is 1.32 bits per heavy atom. The normalized spacial score (nSPS) is 13.1. The number of benzene rings is 1. The molecular weight excluding hydrogens is 270 g/mol. The number of nitrogens with one attached hydrogen (secondary N) is 1. The average molecular weight is 287 g/mol. The molecule has 0 spiro atoms. The number of carboxylic acids is 1. The summed E-state index contributed by atoms with van der Waals surface area (Å²) >= 11 is 0. The second kappa shape index (κ2) is 5.58. The number of methoxy groups -OCH3 is 1. The van der Waals surface area contributed by atoms with Crippen LogP contribution >= 0.6 is 0 Å². The third-order valence-electron chi connectivity index (χ3n) is 2.64. The smallest absolute Gasteiger partial charge is 0.321 e. The molecule has 1 aromatic carbocycles. The van der Waals surface area contributed by atoms with E-state index in [-0.39, 0.29) is 4.90 Å². The molecule has 0 radical (unpaired) electrons. The van der Waals surface area contributed by atoms with E-state index in [0.29, 0.717) is 16.9 Å². The van der Waals surface area contributed by atoms with Crippen molar-refractivity contribution in [1.29, 1.82) is 0 Å². The Labute approximate surface area is 112 Å². The van der Waals surface area contributed by atoms with Crippen LogP contribution in [0.5, 0.6) is 5.75 Å². The van der Waals surface area contributed by atoms with E-state index in [9.17, 15) is 13.2 Å². The Hall–Kier alpha value is -1.60. The highest BCUT2D eigenvalue weighted by atomic mass is 32.2. The summed E-state index contributed by atoms with van der Waals surface area (Å²) in [5.74, 6) is -0.673. The average Bonchev–Trinajstić information content (AvgIpc) is 2.26. The van der Waals surface area contributed by atoms with Crippen molar-refractivity contribution in [3.8, 4) is 5.75 Å². The maximum absolute atomic E-state index is 12.2. The van der Waals surface area contributed by atoms with E-state index in [2.05, 4.69) is 4.72 Å². The number of sulfonamides is 1. The molecule has 0 saturated carbocycles. The standard InChI is InChI=1S/C12H17NO5S/c1-7-5-10(18-4)6-8(2)11(7)19(16,17)13-9(3)12(14)15/h5-6,9,13H,1-4H3,(H,14,15). The largest absolute Gasteiger partial charge is 0.497 e. The van der Waals surface area contributed by atoms with Crippen LogP contribution in [0, 0.1) is 13.8 Å². The van der Waals surface area contributed by atoms with Gasteiger partial charge in [0.25, 0.3) is 0 Å². The number of aryl methyl sites for hydroxylation is 2. The Bertz CT molecular complexity index is 571. The molecule has 1 aromatic rings. The number of carboxylic acid groups (broad SMARTS) is 1. The van der Waals surface area contributed by atoms with Crippen LogP contribution in [-0.4, -0.2) is 32.6 Å². The molecular formula is C12H17NO5S. The van der Waals surface area contributed by atoms with Gasteiger partial charge >= 0.3 is 5.97 Å². The van der Waals surface area contributed by atoms with Gasteiger partial charge < -0.3 is 9.84 Å². The topological polar surface area (TPSA) is 92.7 Å². The predicted octanol–water partition coefficient (Wildman–Crippen LogP) is 1.06. The molecule has 0 saturated heterocycles. The van der Waals surface area contributed by atoms with Crippen molar-refractivity contribution in [3.63, 3.8) is 0 Å². The number of ether oxygens (including phenoxy) is 1. The minimum Gasteiger partial charge on any atom is -0.497 e. The zero-order chi connectivity index (χ0) is 14.8. The number of rotatable bonds is 5. The molecule has 1 unspecified atom stereocenters. The Morgan fingerprint density at radius 3 is 2.16 bits per heavy atom. The van der Waals surface area contributed by atoms with E-state index in [1.807, 2.05) is 0 Å². The highest BCUT2D eigenvalue weighted by Gasteiger charge is 2.25. The second-order valence-corrected chi connectivity index (χ2v) is 5.92. The quantitative estimate of drug-likeness (QED) is 0.845. The first kappa shape index (κ1) is 15.5. The summed E-state index contributed by atoms with van der Waals surface area (Å²) in [6, 6.07) is 1.99. The molecule has 19 heavy (non-hydrogen) atoms. The van der Waals surface area contributed by atoms with Gasteiger partial charge in [-0.15, -0.1) is 0 Å². The van der Waals surface area contributed by atoms with Crippen molar-refractivity contribution in [1.82, 2.24) is 4.72 Å². The highest BCUT2D eigenvalue weighted by Crippen LogP contribution is 2.25. The summed E-state index contributed by atoms with van der Waals surface area (Å²) < 4.78 is 31.5. The van der Waals surface area contributed by atoms with E-state index in [1.165, 1.54) is 14.0 Å². The van der Waals surface area contributed by atoms with Gasteiger partial charge in [0.2, 0.25) is 10.0 Å². The maximum atomic E-state index is 12.2. The zero-order valence-corrected chi connectivity index (χ0v) is 12.0. The molecule has 0 fully saturated rings. The van der Waals surface area contributed by atoms with E-state index in [4.69, 9.17) is 9.84 Å². The molecule has 0 aromatic heterocycles. The lowest BCUT2D eigenvalue weighted by Crippen LogP contribution is -2.38. The molecule has 0 aliphatic carbocycles. The van der Waals surface area contributed by atoms with Crippen LogP contribution in [-0.2, 0) is 14.8 Å². The van der Waals surface area contributed by atoms with Gasteiger partial charge in [0, 0.05) is 0 Å². The van der Waals surface area contributed by atoms with Crippen LogP contribution in [0.3, 0.4) is 0 Å². The summed E-state index contributed by atoms with van der Waals surface area (Å²) in [6.45, 7) is 4.54. The first-order valence-corrected chi connectivity index (χ1v) is 7.07. The number of aliphatic carboxylic acids is 1. The molecule has 1 atom stereocenters. The van der Waals surface area contributed by atoms with E-state index < -0.39 is 22.0 Å². The Kier molecular flexibility index (Phi) is 4.54. The predicted molar refractivity (Wildman–Crippen MR) is 69.9 cm³/mol. The lowest BCUT2D eigenvalue weighted by atomic mass is 10.1. The monoisotopic (exact) mass is 287 g/mol. The molecule has 6 nitrogen and oxygen atoms in total. The van der Waals surface area contributed by atoms with Crippen molar-refractivity contribution >= 4 is 16.0 Å². The minimum atomic E-state index is -3.88. The highest BCUT2D eigenvalue weighted by molar-refractivity contribution is 7.89. The zero-order valence-electron chi connectivity index (χ0n) is 11.2. The van der Waals surface area contributed by atoms with E-state index >= 15 is 0 Å². The molecule has 1 rings (SSSR count). The fourth-order valence-electron chi connectivity index (χ4n) is 1.79. The second-order valence-electron chi connectivity index (χ2n) is 4.27. The van der Waals surface area contributed by atoms with Crippen LogP contribution in [0.2, 0.25) is 0 Å².